The highest BCUT2D eigenvalue weighted by atomic mass is 16.2. The summed E-state index contributed by atoms with van der Waals surface area (Å²) in [5, 5.41) is 14.0. The second-order valence-corrected chi connectivity index (χ2v) is 9.65. The van der Waals surface area contributed by atoms with Crippen LogP contribution in [-0.2, 0) is 19.2 Å². The van der Waals surface area contributed by atoms with Crippen molar-refractivity contribution in [3.8, 4) is 0 Å². The highest BCUT2D eigenvalue weighted by Crippen LogP contribution is 2.31. The first-order valence-electron chi connectivity index (χ1n) is 12.8. The smallest absolute Gasteiger partial charge is 0.240 e. The van der Waals surface area contributed by atoms with E-state index in [0.29, 0.717) is 22.8 Å². The second-order valence-electron chi connectivity index (χ2n) is 9.65. The summed E-state index contributed by atoms with van der Waals surface area (Å²) in [7, 11) is 0. The minimum absolute atomic E-state index is 0.0220. The Morgan fingerprint density at radius 2 is 1.08 bits per heavy atom. The van der Waals surface area contributed by atoms with Crippen molar-refractivity contribution in [3.05, 3.63) is 59.7 Å². The average molecular weight is 517 g/mol. The molecule has 10 heteroatoms. The van der Waals surface area contributed by atoms with Crippen molar-refractivity contribution in [2.75, 3.05) is 10.6 Å². The third-order valence-corrected chi connectivity index (χ3v) is 6.27. The van der Waals surface area contributed by atoms with Crippen molar-refractivity contribution >= 4 is 46.4 Å². The van der Waals surface area contributed by atoms with Crippen molar-refractivity contribution < 1.29 is 19.2 Å². The van der Waals surface area contributed by atoms with Crippen LogP contribution in [0.15, 0.2) is 58.7 Å². The first kappa shape index (κ1) is 26.7. The van der Waals surface area contributed by atoms with Crippen LogP contribution in [0.5, 0.6) is 0 Å². The molecule has 0 atom stereocenters. The lowest BCUT2D eigenvalue weighted by atomic mass is 10.1. The molecular weight excluding hydrogens is 484 g/mol. The Kier molecular flexibility index (Phi) is 8.62. The fourth-order valence-corrected chi connectivity index (χ4v) is 3.58. The molecule has 0 heterocycles. The third-order valence-electron chi connectivity index (χ3n) is 6.27. The molecule has 2 aromatic rings. The summed E-state index contributed by atoms with van der Waals surface area (Å²) in [6, 6.07) is 14.5. The summed E-state index contributed by atoms with van der Waals surface area (Å²) in [5.41, 5.74) is 8.95. The zero-order chi connectivity index (χ0) is 27.1. The zero-order valence-electron chi connectivity index (χ0n) is 21.5. The predicted octanol–water partition coefficient (Wildman–Crippen LogP) is 3.54. The maximum absolute atomic E-state index is 12.2. The molecule has 2 aliphatic rings. The average Bonchev–Trinajstić information content (AvgIpc) is 3.82. The predicted molar refractivity (Wildman–Crippen MR) is 146 cm³/mol. The van der Waals surface area contributed by atoms with Gasteiger partial charge < -0.3 is 10.6 Å². The van der Waals surface area contributed by atoms with Crippen molar-refractivity contribution in [1.82, 2.24) is 10.9 Å². The van der Waals surface area contributed by atoms with Gasteiger partial charge in [-0.05, 0) is 74.9 Å². The molecule has 2 aliphatic carbocycles. The monoisotopic (exact) mass is 516 g/mol. The van der Waals surface area contributed by atoms with Gasteiger partial charge in [0.15, 0.2) is 0 Å². The van der Waals surface area contributed by atoms with Gasteiger partial charge in [0, 0.05) is 36.1 Å². The number of anilines is 2. The molecule has 4 amide bonds. The van der Waals surface area contributed by atoms with Gasteiger partial charge in [0.25, 0.3) is 0 Å². The van der Waals surface area contributed by atoms with E-state index in [2.05, 4.69) is 31.7 Å². The summed E-state index contributed by atoms with van der Waals surface area (Å²) < 4.78 is 0. The lowest BCUT2D eigenvalue weighted by Crippen LogP contribution is -2.24. The zero-order valence-corrected chi connectivity index (χ0v) is 21.5. The van der Waals surface area contributed by atoms with E-state index < -0.39 is 11.8 Å². The molecule has 4 rings (SSSR count). The number of amides is 4. The summed E-state index contributed by atoms with van der Waals surface area (Å²) in [5.74, 6) is -0.550. The number of carbonyl (C=O) groups is 4. The molecule has 0 aliphatic heterocycles. The van der Waals surface area contributed by atoms with Gasteiger partial charge in [-0.1, -0.05) is 24.3 Å². The van der Waals surface area contributed by atoms with Crippen molar-refractivity contribution in [2.45, 2.75) is 52.4 Å². The van der Waals surface area contributed by atoms with Gasteiger partial charge in [-0.3, -0.25) is 19.2 Å². The fraction of sp³-hybridized carbons (Fsp3) is 0.357. The van der Waals surface area contributed by atoms with Crippen molar-refractivity contribution in [3.63, 3.8) is 0 Å². The fourth-order valence-electron chi connectivity index (χ4n) is 3.58. The summed E-state index contributed by atoms with van der Waals surface area (Å²) in [4.78, 5) is 48.3. The Hall–Kier alpha value is -4.34. The molecule has 0 radical (unpaired) electrons. The van der Waals surface area contributed by atoms with Gasteiger partial charge in [-0.25, -0.2) is 10.9 Å². The summed E-state index contributed by atoms with van der Waals surface area (Å²) in [6.07, 6.45) is 3.59. The van der Waals surface area contributed by atoms with E-state index in [-0.39, 0.29) is 36.5 Å². The molecule has 0 unspecified atom stereocenters. The van der Waals surface area contributed by atoms with Crippen LogP contribution in [0, 0.1) is 11.8 Å². The van der Waals surface area contributed by atoms with Gasteiger partial charge in [-0.2, -0.15) is 10.2 Å². The first-order chi connectivity index (χ1) is 18.3. The van der Waals surface area contributed by atoms with Crippen molar-refractivity contribution in [1.29, 1.82) is 0 Å². The number of hydrazone groups is 2. The quantitative estimate of drug-likeness (QED) is 0.268. The van der Waals surface area contributed by atoms with Crippen LogP contribution >= 0.6 is 0 Å². The largest absolute Gasteiger partial charge is 0.326 e. The van der Waals surface area contributed by atoms with Crippen LogP contribution in [0.4, 0.5) is 11.4 Å². The van der Waals surface area contributed by atoms with Crippen LogP contribution in [0.3, 0.4) is 0 Å². The van der Waals surface area contributed by atoms with E-state index >= 15 is 0 Å². The minimum Gasteiger partial charge on any atom is -0.326 e. The highest BCUT2D eigenvalue weighted by Gasteiger charge is 2.30. The molecular formula is C28H32N6O4. The van der Waals surface area contributed by atoms with Gasteiger partial charge in [0.1, 0.15) is 0 Å². The van der Waals surface area contributed by atoms with E-state index in [0.717, 1.165) is 36.8 Å². The maximum Gasteiger partial charge on any atom is 0.240 e. The Morgan fingerprint density at radius 3 is 1.45 bits per heavy atom. The normalized spacial score (nSPS) is 15.4. The lowest BCUT2D eigenvalue weighted by molar-refractivity contribution is -0.126. The molecule has 2 saturated carbocycles. The van der Waals surface area contributed by atoms with Crippen molar-refractivity contribution in [2.24, 2.45) is 22.0 Å². The van der Waals surface area contributed by atoms with E-state index in [1.54, 1.807) is 26.0 Å². The topological polar surface area (TPSA) is 141 Å². The van der Waals surface area contributed by atoms with Gasteiger partial charge in [0.2, 0.25) is 23.6 Å². The number of hydrogen-bond acceptors (Lipinski definition) is 6. The Labute approximate surface area is 221 Å². The number of nitrogens with one attached hydrogen (secondary N) is 4. The summed E-state index contributed by atoms with van der Waals surface area (Å²) >= 11 is 0. The molecule has 0 bridgehead atoms. The number of carbonyl (C=O) groups excluding carboxylic acids is 4. The Balaban J connectivity index is 1.21. The molecule has 198 valence electrons. The Morgan fingerprint density at radius 1 is 0.684 bits per heavy atom. The van der Waals surface area contributed by atoms with E-state index in [1.807, 2.05) is 36.4 Å². The van der Waals surface area contributed by atoms with Crippen LogP contribution in [0.25, 0.3) is 0 Å². The summed E-state index contributed by atoms with van der Waals surface area (Å²) in [6.45, 7) is 3.50. The molecule has 0 aromatic heterocycles. The lowest BCUT2D eigenvalue weighted by Gasteiger charge is -2.08. The third kappa shape index (κ3) is 8.09. The number of benzene rings is 2. The molecule has 0 saturated heterocycles. The Bertz CT molecular complexity index is 1190. The maximum atomic E-state index is 12.2. The van der Waals surface area contributed by atoms with E-state index in [4.69, 9.17) is 0 Å². The minimum atomic E-state index is -0.405. The second kappa shape index (κ2) is 12.3. The number of nitrogens with zero attached hydrogens (tertiary/aromatic N) is 2. The molecule has 2 fully saturated rings. The number of rotatable bonds is 11. The van der Waals surface area contributed by atoms with E-state index in [9.17, 15) is 19.2 Å². The van der Waals surface area contributed by atoms with Gasteiger partial charge in [0.05, 0.1) is 11.4 Å². The molecule has 10 nitrogen and oxygen atoms in total. The molecule has 4 N–H and O–H groups in total. The van der Waals surface area contributed by atoms with Crippen LogP contribution in [-0.4, -0.2) is 35.1 Å². The molecule has 2 aromatic carbocycles. The van der Waals surface area contributed by atoms with Gasteiger partial charge >= 0.3 is 0 Å². The molecule has 38 heavy (non-hydrogen) atoms. The van der Waals surface area contributed by atoms with Crippen LogP contribution in [0.2, 0.25) is 0 Å². The number of hydrogen-bond donors (Lipinski definition) is 4. The highest BCUT2D eigenvalue weighted by molar-refractivity contribution is 6.02. The standard InChI is InChI=1S/C28H32N6O4/c1-17(21-5-3-7-23(15-21)29-27(37)19-9-10-19)31-33-25(35)13-14-26(36)34-32-18(2)22-6-4-8-24(16-22)30-28(38)20-11-12-20/h3-8,15-16,19-20H,9-14H2,1-2H3,(H,29,37)(H,30,38)(H,33,35)(H,34,36). The molecule has 0 spiro atoms. The van der Waals surface area contributed by atoms with Crippen LogP contribution < -0.4 is 21.5 Å². The SMILES string of the molecule is CC(=NNC(=O)CCC(=O)NN=C(C)c1cccc(NC(=O)C2CC2)c1)c1cccc(NC(=O)C2CC2)c1. The van der Waals surface area contributed by atoms with Crippen LogP contribution in [0.1, 0.15) is 63.5 Å². The van der Waals surface area contributed by atoms with E-state index in [1.165, 1.54) is 0 Å². The first-order valence-corrected chi connectivity index (χ1v) is 12.8. The van der Waals surface area contributed by atoms with Gasteiger partial charge in [-0.15, -0.1) is 0 Å².